The Balaban J connectivity index is 1.74. The highest BCUT2D eigenvalue weighted by Gasteiger charge is 2.23. The molecule has 3 aromatic rings. The number of carbonyl (C=O) groups is 1. The van der Waals surface area contributed by atoms with E-state index < -0.39 is 28.8 Å². The van der Waals surface area contributed by atoms with Gasteiger partial charge in [0.1, 0.15) is 11.4 Å². The smallest absolute Gasteiger partial charge is 0.276 e. The van der Waals surface area contributed by atoms with Gasteiger partial charge in [-0.2, -0.15) is 9.78 Å². The van der Waals surface area contributed by atoms with Crippen LogP contribution in [0.3, 0.4) is 0 Å². The van der Waals surface area contributed by atoms with Gasteiger partial charge in [-0.15, -0.1) is 0 Å². The van der Waals surface area contributed by atoms with E-state index in [1.807, 2.05) is 0 Å². The number of halogens is 2. The molecule has 8 nitrogen and oxygen atoms in total. The fourth-order valence-electron chi connectivity index (χ4n) is 3.84. The second kappa shape index (κ2) is 9.19. The fourth-order valence-corrected chi connectivity index (χ4v) is 3.84. The molecule has 0 bridgehead atoms. The van der Waals surface area contributed by atoms with Gasteiger partial charge in [0, 0.05) is 43.7 Å². The molecule has 0 unspecified atom stereocenters. The normalized spacial score (nSPS) is 13.6. The molecule has 0 spiro atoms. The predicted octanol–water partition coefficient (Wildman–Crippen LogP) is 2.99. The monoisotopic (exact) mass is 452 g/mol. The zero-order chi connectivity index (χ0) is 23.5. The molecule has 0 radical (unpaired) electrons. The molecule has 1 aliphatic rings. The van der Waals surface area contributed by atoms with Gasteiger partial charge in [0.05, 0.1) is 11.4 Å². The first kappa shape index (κ1) is 22.1. The molecule has 1 aromatic heterocycles. The molecule has 170 valence electrons. The maximum absolute atomic E-state index is 14.2. The summed E-state index contributed by atoms with van der Waals surface area (Å²) in [5.41, 5.74) is 6.97. The van der Waals surface area contributed by atoms with Gasteiger partial charge in [-0.25, -0.2) is 8.78 Å². The number of hydrogen-bond acceptors (Lipinski definition) is 6. The second-order valence-corrected chi connectivity index (χ2v) is 7.54. The van der Waals surface area contributed by atoms with Crippen LogP contribution < -0.4 is 21.5 Å². The number of nitrogens with one attached hydrogen (secondary N) is 1. The fraction of sp³-hybridized carbons (Fsp3) is 0.217. The Hall–Kier alpha value is -4.08. The minimum Gasteiger partial charge on any atom is -0.398 e. The first-order chi connectivity index (χ1) is 15.9. The van der Waals surface area contributed by atoms with E-state index in [0.29, 0.717) is 21.6 Å². The van der Waals surface area contributed by atoms with Crippen molar-refractivity contribution in [2.24, 2.45) is 4.99 Å². The van der Waals surface area contributed by atoms with E-state index in [-0.39, 0.29) is 5.69 Å². The molecule has 33 heavy (non-hydrogen) atoms. The van der Waals surface area contributed by atoms with Gasteiger partial charge in [-0.1, -0.05) is 6.07 Å². The Labute approximate surface area is 188 Å². The summed E-state index contributed by atoms with van der Waals surface area (Å²) in [6, 6.07) is 8.77. The molecule has 1 aliphatic heterocycles. The van der Waals surface area contributed by atoms with Gasteiger partial charge >= 0.3 is 0 Å². The van der Waals surface area contributed by atoms with Crippen LogP contribution in [0, 0.1) is 11.6 Å². The van der Waals surface area contributed by atoms with E-state index in [1.165, 1.54) is 12.1 Å². The molecule has 2 heterocycles. The summed E-state index contributed by atoms with van der Waals surface area (Å²) >= 11 is 0. The molecule has 1 saturated heterocycles. The average Bonchev–Trinajstić information content (AvgIpc) is 3.31. The zero-order valence-electron chi connectivity index (χ0n) is 17.9. The molecule has 0 aliphatic carbocycles. The summed E-state index contributed by atoms with van der Waals surface area (Å²) in [6.45, 7) is 1.60. The zero-order valence-corrected chi connectivity index (χ0v) is 17.9. The largest absolute Gasteiger partial charge is 0.398 e. The standard InChI is InChI=1S/C23H22F2N6O2/c1-27-13-14-17(26)7-8-18(21(14)30-11-2-3-12-30)28-23(33)19-9-10-20(32)31(29-19)22-15(24)5-4-6-16(22)25/h4-10,13H,2-3,11-12,26H2,1H3,(H,28,33). The van der Waals surface area contributed by atoms with Crippen molar-refractivity contribution in [2.45, 2.75) is 12.8 Å². The Kier molecular flexibility index (Phi) is 6.16. The molecule has 1 fully saturated rings. The predicted molar refractivity (Wildman–Crippen MR) is 124 cm³/mol. The SMILES string of the molecule is CN=Cc1c(N)ccc(NC(=O)c2ccc(=O)n(-c3c(F)cccc3F)n2)c1N1CCCC1. The number of benzene rings is 2. The van der Waals surface area contributed by atoms with E-state index in [0.717, 1.165) is 49.8 Å². The molecule has 10 heteroatoms. The van der Waals surface area contributed by atoms with Gasteiger partial charge in [0.25, 0.3) is 11.5 Å². The lowest BCUT2D eigenvalue weighted by molar-refractivity contribution is 0.102. The van der Waals surface area contributed by atoms with Crippen LogP contribution in [0.2, 0.25) is 0 Å². The summed E-state index contributed by atoms with van der Waals surface area (Å²) in [5.74, 6) is -2.59. The summed E-state index contributed by atoms with van der Waals surface area (Å²) in [7, 11) is 1.63. The van der Waals surface area contributed by atoms with Crippen LogP contribution >= 0.6 is 0 Å². The highest BCUT2D eigenvalue weighted by Crippen LogP contribution is 2.35. The van der Waals surface area contributed by atoms with Crippen LogP contribution in [0.4, 0.5) is 25.8 Å². The van der Waals surface area contributed by atoms with Crippen molar-refractivity contribution in [3.05, 3.63) is 75.7 Å². The van der Waals surface area contributed by atoms with Crippen molar-refractivity contribution in [3.63, 3.8) is 0 Å². The number of anilines is 3. The molecular weight excluding hydrogens is 430 g/mol. The third kappa shape index (κ3) is 4.32. The summed E-state index contributed by atoms with van der Waals surface area (Å²) < 4.78 is 29.0. The lowest BCUT2D eigenvalue weighted by Crippen LogP contribution is -2.27. The van der Waals surface area contributed by atoms with Crippen molar-refractivity contribution < 1.29 is 13.6 Å². The Morgan fingerprint density at radius 3 is 2.45 bits per heavy atom. The minimum absolute atomic E-state index is 0.188. The Morgan fingerprint density at radius 2 is 1.79 bits per heavy atom. The number of nitrogens with zero attached hydrogens (tertiary/aromatic N) is 4. The van der Waals surface area contributed by atoms with Crippen LogP contribution in [0.5, 0.6) is 0 Å². The highest BCUT2D eigenvalue weighted by molar-refractivity contribution is 6.08. The molecule has 2 aromatic carbocycles. The number of nitrogens with two attached hydrogens (primary N) is 1. The van der Waals surface area contributed by atoms with Gasteiger partial charge in [0.2, 0.25) is 0 Å². The van der Waals surface area contributed by atoms with Crippen molar-refractivity contribution in [1.82, 2.24) is 9.78 Å². The van der Waals surface area contributed by atoms with Gasteiger partial charge in [-0.05, 0) is 43.2 Å². The third-order valence-corrected chi connectivity index (χ3v) is 5.36. The maximum Gasteiger partial charge on any atom is 0.276 e. The number of aliphatic imine (C=N–C) groups is 1. The van der Waals surface area contributed by atoms with Crippen LogP contribution in [0.1, 0.15) is 28.9 Å². The van der Waals surface area contributed by atoms with Crippen LogP contribution in [0.25, 0.3) is 5.69 Å². The second-order valence-electron chi connectivity index (χ2n) is 7.54. The quantitative estimate of drug-likeness (QED) is 0.457. The van der Waals surface area contributed by atoms with Crippen molar-refractivity contribution >= 4 is 29.2 Å². The number of carbonyl (C=O) groups excluding carboxylic acids is 1. The maximum atomic E-state index is 14.2. The molecular formula is C23H22F2N6O2. The van der Waals surface area contributed by atoms with E-state index >= 15 is 0 Å². The average molecular weight is 452 g/mol. The topological polar surface area (TPSA) is 106 Å². The minimum atomic E-state index is -0.972. The first-order valence-electron chi connectivity index (χ1n) is 10.4. The molecule has 0 saturated carbocycles. The lowest BCUT2D eigenvalue weighted by Gasteiger charge is -2.24. The summed E-state index contributed by atoms with van der Waals surface area (Å²) in [6.07, 6.45) is 3.65. The van der Waals surface area contributed by atoms with Gasteiger partial charge in [-0.3, -0.25) is 14.6 Å². The molecule has 1 amide bonds. The van der Waals surface area contributed by atoms with Crippen LogP contribution in [0.15, 0.2) is 52.3 Å². The lowest BCUT2D eigenvalue weighted by atomic mass is 10.1. The van der Waals surface area contributed by atoms with Gasteiger partial charge in [0.15, 0.2) is 11.6 Å². The van der Waals surface area contributed by atoms with Gasteiger partial charge < -0.3 is 16.0 Å². The van der Waals surface area contributed by atoms with Crippen molar-refractivity contribution in [1.29, 1.82) is 0 Å². The first-order valence-corrected chi connectivity index (χ1v) is 10.4. The van der Waals surface area contributed by atoms with E-state index in [1.54, 1.807) is 25.4 Å². The number of para-hydroxylation sites is 1. The van der Waals surface area contributed by atoms with Crippen molar-refractivity contribution in [3.8, 4) is 5.69 Å². The van der Waals surface area contributed by atoms with Crippen LogP contribution in [-0.2, 0) is 0 Å². The number of aromatic nitrogens is 2. The Morgan fingerprint density at radius 1 is 1.09 bits per heavy atom. The number of amides is 1. The summed E-state index contributed by atoms with van der Waals surface area (Å²) in [5, 5.41) is 6.71. The van der Waals surface area contributed by atoms with Crippen LogP contribution in [-0.4, -0.2) is 42.0 Å². The van der Waals surface area contributed by atoms with E-state index in [2.05, 4.69) is 20.3 Å². The molecule has 3 N–H and O–H groups in total. The Bertz CT molecular complexity index is 1280. The van der Waals surface area contributed by atoms with E-state index in [4.69, 9.17) is 5.73 Å². The third-order valence-electron chi connectivity index (χ3n) is 5.36. The van der Waals surface area contributed by atoms with Crippen molar-refractivity contribution in [2.75, 3.05) is 36.1 Å². The molecule has 0 atom stereocenters. The number of rotatable bonds is 5. The number of hydrogen-bond donors (Lipinski definition) is 2. The number of nitrogen functional groups attached to an aromatic ring is 1. The molecule has 4 rings (SSSR count). The van der Waals surface area contributed by atoms with E-state index in [9.17, 15) is 18.4 Å². The summed E-state index contributed by atoms with van der Waals surface area (Å²) in [4.78, 5) is 31.5. The highest BCUT2D eigenvalue weighted by atomic mass is 19.1.